The van der Waals surface area contributed by atoms with Gasteiger partial charge in [0.2, 0.25) is 0 Å². The SMILES string of the molecule is CC(=O)c1cc(Cl)cc(N)c1[N+](=O)[O-]. The van der Waals surface area contributed by atoms with Gasteiger partial charge in [0, 0.05) is 5.02 Å². The Morgan fingerprint density at radius 1 is 1.57 bits per heavy atom. The van der Waals surface area contributed by atoms with Crippen molar-refractivity contribution in [2.45, 2.75) is 6.92 Å². The third-order valence-corrected chi connectivity index (χ3v) is 1.88. The molecule has 0 unspecified atom stereocenters. The number of Topliss-reactive ketones (excluding diaryl/α,β-unsaturated/α-hetero) is 1. The summed E-state index contributed by atoms with van der Waals surface area (Å²) in [6, 6.07) is 2.48. The molecular weight excluding hydrogens is 208 g/mol. The summed E-state index contributed by atoms with van der Waals surface area (Å²) in [5.41, 5.74) is 4.82. The lowest BCUT2D eigenvalue weighted by atomic mass is 10.1. The summed E-state index contributed by atoms with van der Waals surface area (Å²) < 4.78 is 0. The van der Waals surface area contributed by atoms with Crippen LogP contribution >= 0.6 is 11.6 Å². The molecule has 0 atom stereocenters. The lowest BCUT2D eigenvalue weighted by Gasteiger charge is -2.02. The number of halogens is 1. The van der Waals surface area contributed by atoms with Gasteiger partial charge in [-0.15, -0.1) is 0 Å². The Morgan fingerprint density at radius 3 is 2.57 bits per heavy atom. The maximum Gasteiger partial charge on any atom is 0.302 e. The fraction of sp³-hybridized carbons (Fsp3) is 0.125. The van der Waals surface area contributed by atoms with Gasteiger partial charge in [0.1, 0.15) is 5.69 Å². The molecule has 5 nitrogen and oxygen atoms in total. The largest absolute Gasteiger partial charge is 0.393 e. The number of nitro groups is 1. The molecule has 0 amide bonds. The maximum absolute atomic E-state index is 11.1. The van der Waals surface area contributed by atoms with Crippen LogP contribution in [-0.2, 0) is 0 Å². The molecular formula is C8H7ClN2O3. The van der Waals surface area contributed by atoms with Crippen molar-refractivity contribution >= 4 is 28.8 Å². The number of nitrogen functional groups attached to an aromatic ring is 1. The fourth-order valence-corrected chi connectivity index (χ4v) is 1.32. The van der Waals surface area contributed by atoms with Crippen LogP contribution in [0.4, 0.5) is 11.4 Å². The van der Waals surface area contributed by atoms with Gasteiger partial charge in [0.05, 0.1) is 10.5 Å². The van der Waals surface area contributed by atoms with Gasteiger partial charge in [-0.3, -0.25) is 14.9 Å². The first-order chi connectivity index (χ1) is 6.43. The number of hydrogen-bond acceptors (Lipinski definition) is 4. The number of carbonyl (C=O) groups excluding carboxylic acids is 1. The molecule has 1 rings (SSSR count). The minimum absolute atomic E-state index is 0.0694. The van der Waals surface area contributed by atoms with Crippen LogP contribution in [0.3, 0.4) is 0 Å². The molecule has 6 heteroatoms. The Bertz CT molecular complexity index is 417. The van der Waals surface area contributed by atoms with Crippen molar-refractivity contribution in [1.82, 2.24) is 0 Å². The first kappa shape index (κ1) is 10.5. The zero-order chi connectivity index (χ0) is 10.9. The minimum Gasteiger partial charge on any atom is -0.393 e. The molecule has 0 heterocycles. The van der Waals surface area contributed by atoms with Crippen LogP contribution in [0.1, 0.15) is 17.3 Å². The van der Waals surface area contributed by atoms with E-state index in [-0.39, 0.29) is 22.0 Å². The number of nitrogens with two attached hydrogens (primary N) is 1. The number of ketones is 1. The normalized spacial score (nSPS) is 9.86. The van der Waals surface area contributed by atoms with Crippen LogP contribution in [0.5, 0.6) is 0 Å². The number of carbonyl (C=O) groups is 1. The van der Waals surface area contributed by atoms with E-state index in [9.17, 15) is 14.9 Å². The van der Waals surface area contributed by atoms with Crippen LogP contribution in [-0.4, -0.2) is 10.7 Å². The third kappa shape index (κ3) is 1.82. The Kier molecular flexibility index (Phi) is 2.71. The number of nitro benzene ring substituents is 1. The van der Waals surface area contributed by atoms with Crippen LogP contribution in [0.2, 0.25) is 5.02 Å². The smallest absolute Gasteiger partial charge is 0.302 e. The standard InChI is InChI=1S/C8H7ClN2O3/c1-4(12)6-2-5(9)3-7(10)8(6)11(13)14/h2-3H,10H2,1H3. The van der Waals surface area contributed by atoms with Gasteiger partial charge < -0.3 is 5.73 Å². The zero-order valence-electron chi connectivity index (χ0n) is 7.28. The third-order valence-electron chi connectivity index (χ3n) is 1.67. The molecule has 0 saturated carbocycles. The van der Waals surface area contributed by atoms with Crippen LogP contribution in [0.15, 0.2) is 12.1 Å². The number of nitrogens with zero attached hydrogens (tertiary/aromatic N) is 1. The predicted octanol–water partition coefficient (Wildman–Crippen LogP) is 2.03. The van der Waals surface area contributed by atoms with Crippen LogP contribution in [0.25, 0.3) is 0 Å². The van der Waals surface area contributed by atoms with Gasteiger partial charge in [0.15, 0.2) is 5.78 Å². The summed E-state index contributed by atoms with van der Waals surface area (Å²) in [6.07, 6.45) is 0. The van der Waals surface area contributed by atoms with Crippen molar-refractivity contribution < 1.29 is 9.72 Å². The van der Waals surface area contributed by atoms with Crippen LogP contribution < -0.4 is 5.73 Å². The minimum atomic E-state index is -0.692. The van der Waals surface area contributed by atoms with E-state index >= 15 is 0 Å². The number of hydrogen-bond donors (Lipinski definition) is 1. The second-order valence-corrected chi connectivity index (χ2v) is 3.14. The van der Waals surface area contributed by atoms with Crippen molar-refractivity contribution in [2.75, 3.05) is 5.73 Å². The van der Waals surface area contributed by atoms with Gasteiger partial charge in [-0.05, 0) is 19.1 Å². The van der Waals surface area contributed by atoms with E-state index in [2.05, 4.69) is 0 Å². The van der Waals surface area contributed by atoms with E-state index in [0.717, 1.165) is 0 Å². The van der Waals surface area contributed by atoms with Crippen molar-refractivity contribution in [3.63, 3.8) is 0 Å². The number of benzene rings is 1. The highest BCUT2D eigenvalue weighted by molar-refractivity contribution is 6.31. The Hall–Kier alpha value is -1.62. The summed E-state index contributed by atoms with van der Waals surface area (Å²) in [4.78, 5) is 21.0. The molecule has 1 aromatic carbocycles. The van der Waals surface area contributed by atoms with E-state index in [1.807, 2.05) is 0 Å². The molecule has 74 valence electrons. The van der Waals surface area contributed by atoms with E-state index in [1.165, 1.54) is 19.1 Å². The Balaban J connectivity index is 3.52. The average Bonchev–Trinajstić information content (AvgIpc) is 2.01. The predicted molar refractivity (Wildman–Crippen MR) is 52.5 cm³/mol. The van der Waals surface area contributed by atoms with Crippen molar-refractivity contribution in [3.8, 4) is 0 Å². The van der Waals surface area contributed by atoms with Gasteiger partial charge in [-0.1, -0.05) is 11.6 Å². The van der Waals surface area contributed by atoms with Crippen LogP contribution in [0, 0.1) is 10.1 Å². The summed E-state index contributed by atoms with van der Waals surface area (Å²) in [7, 11) is 0. The zero-order valence-corrected chi connectivity index (χ0v) is 8.04. The number of anilines is 1. The summed E-state index contributed by atoms with van der Waals surface area (Å²) in [6.45, 7) is 1.22. The molecule has 0 aromatic heterocycles. The lowest BCUT2D eigenvalue weighted by molar-refractivity contribution is -0.384. The summed E-state index contributed by atoms with van der Waals surface area (Å²) in [5.74, 6) is -0.439. The highest BCUT2D eigenvalue weighted by atomic mass is 35.5. The van der Waals surface area contributed by atoms with E-state index in [0.29, 0.717) is 0 Å². The molecule has 0 spiro atoms. The quantitative estimate of drug-likeness (QED) is 0.353. The molecule has 0 aliphatic carbocycles. The average molecular weight is 215 g/mol. The lowest BCUT2D eigenvalue weighted by Crippen LogP contribution is -2.03. The highest BCUT2D eigenvalue weighted by Crippen LogP contribution is 2.30. The van der Waals surface area contributed by atoms with E-state index < -0.39 is 10.7 Å². The fourth-order valence-electron chi connectivity index (χ4n) is 1.09. The molecule has 0 saturated heterocycles. The van der Waals surface area contributed by atoms with Gasteiger partial charge >= 0.3 is 5.69 Å². The van der Waals surface area contributed by atoms with Gasteiger partial charge in [-0.25, -0.2) is 0 Å². The summed E-state index contributed by atoms with van der Waals surface area (Å²) in [5, 5.41) is 10.8. The first-order valence-electron chi connectivity index (χ1n) is 3.68. The molecule has 0 radical (unpaired) electrons. The monoisotopic (exact) mass is 214 g/mol. The number of rotatable bonds is 2. The molecule has 0 bridgehead atoms. The second-order valence-electron chi connectivity index (χ2n) is 2.70. The Labute approximate surface area is 84.6 Å². The van der Waals surface area contributed by atoms with Crippen molar-refractivity contribution in [2.24, 2.45) is 0 Å². The molecule has 2 N–H and O–H groups in total. The van der Waals surface area contributed by atoms with Crippen molar-refractivity contribution in [3.05, 3.63) is 32.8 Å². The first-order valence-corrected chi connectivity index (χ1v) is 4.05. The van der Waals surface area contributed by atoms with Crippen molar-refractivity contribution in [1.29, 1.82) is 0 Å². The van der Waals surface area contributed by atoms with Gasteiger partial charge in [0.25, 0.3) is 0 Å². The maximum atomic E-state index is 11.1. The molecule has 1 aromatic rings. The second kappa shape index (κ2) is 3.63. The Morgan fingerprint density at radius 2 is 2.14 bits per heavy atom. The topological polar surface area (TPSA) is 86.2 Å². The molecule has 14 heavy (non-hydrogen) atoms. The molecule has 0 aliphatic rings. The highest BCUT2D eigenvalue weighted by Gasteiger charge is 2.21. The van der Waals surface area contributed by atoms with E-state index in [1.54, 1.807) is 0 Å². The van der Waals surface area contributed by atoms with E-state index in [4.69, 9.17) is 17.3 Å². The molecule has 0 fully saturated rings. The molecule has 0 aliphatic heterocycles. The van der Waals surface area contributed by atoms with Gasteiger partial charge in [-0.2, -0.15) is 0 Å². The summed E-state index contributed by atoms with van der Waals surface area (Å²) >= 11 is 5.62.